The van der Waals surface area contributed by atoms with E-state index in [9.17, 15) is 0 Å². The van der Waals surface area contributed by atoms with Crippen molar-refractivity contribution in [3.05, 3.63) is 65.2 Å². The van der Waals surface area contributed by atoms with Crippen LogP contribution in [0, 0.1) is 13.8 Å². The molecule has 24 heavy (non-hydrogen) atoms. The third kappa shape index (κ3) is 5.34. The van der Waals surface area contributed by atoms with Crippen molar-refractivity contribution >= 4 is 23.0 Å². The Morgan fingerprint density at radius 2 is 1.62 bits per heavy atom. The molecule has 1 atom stereocenters. The minimum Gasteiger partial charge on any atom is -0.360 e. The highest BCUT2D eigenvalue weighted by atomic mass is 32.1. The van der Waals surface area contributed by atoms with Crippen LogP contribution < -0.4 is 10.6 Å². The Balaban J connectivity index is 1.94. The van der Waals surface area contributed by atoms with Gasteiger partial charge in [0.25, 0.3) is 0 Å². The number of hydrogen-bond donors (Lipinski definition) is 2. The highest BCUT2D eigenvalue weighted by Crippen LogP contribution is 2.28. The first kappa shape index (κ1) is 18.5. The largest absolute Gasteiger partial charge is 0.360 e. The third-order valence-electron chi connectivity index (χ3n) is 4.23. The lowest BCUT2D eigenvalue weighted by Crippen LogP contribution is -2.39. The van der Waals surface area contributed by atoms with Gasteiger partial charge in [-0.25, -0.2) is 0 Å². The number of aryl methyl sites for hydroxylation is 2. The SMILES string of the molecule is Cc1cc(C)cc(NC(=S)NC(C)CC(C)(C)c2ccccc2)c1. The fourth-order valence-electron chi connectivity index (χ4n) is 3.26. The highest BCUT2D eigenvalue weighted by molar-refractivity contribution is 7.80. The van der Waals surface area contributed by atoms with E-state index < -0.39 is 0 Å². The number of benzene rings is 2. The quantitative estimate of drug-likeness (QED) is 0.718. The van der Waals surface area contributed by atoms with Crippen LogP contribution in [0.4, 0.5) is 5.69 Å². The summed E-state index contributed by atoms with van der Waals surface area (Å²) in [5.74, 6) is 0. The topological polar surface area (TPSA) is 24.1 Å². The van der Waals surface area contributed by atoms with Gasteiger partial charge in [0.2, 0.25) is 0 Å². The van der Waals surface area contributed by atoms with Crippen molar-refractivity contribution in [2.24, 2.45) is 0 Å². The molecule has 0 saturated carbocycles. The minimum atomic E-state index is 0.100. The van der Waals surface area contributed by atoms with Crippen LogP contribution in [0.5, 0.6) is 0 Å². The molecule has 0 spiro atoms. The Morgan fingerprint density at radius 3 is 2.21 bits per heavy atom. The van der Waals surface area contributed by atoms with Gasteiger partial charge in [-0.15, -0.1) is 0 Å². The summed E-state index contributed by atoms with van der Waals surface area (Å²) in [6.07, 6.45) is 1.01. The Bertz CT molecular complexity index is 672. The van der Waals surface area contributed by atoms with Gasteiger partial charge in [0.05, 0.1) is 0 Å². The molecule has 0 amide bonds. The van der Waals surface area contributed by atoms with Crippen molar-refractivity contribution in [2.45, 2.75) is 52.5 Å². The number of thiocarbonyl (C=S) groups is 1. The molecule has 0 saturated heterocycles. The first-order valence-electron chi connectivity index (χ1n) is 8.47. The van der Waals surface area contributed by atoms with Crippen molar-refractivity contribution in [2.75, 3.05) is 5.32 Å². The summed E-state index contributed by atoms with van der Waals surface area (Å²) >= 11 is 5.48. The zero-order valence-electron chi connectivity index (χ0n) is 15.3. The van der Waals surface area contributed by atoms with Gasteiger partial charge >= 0.3 is 0 Å². The first-order chi connectivity index (χ1) is 11.3. The molecular weight excluding hydrogens is 312 g/mol. The van der Waals surface area contributed by atoms with Crippen molar-refractivity contribution < 1.29 is 0 Å². The summed E-state index contributed by atoms with van der Waals surface area (Å²) < 4.78 is 0. The molecular formula is C21H28N2S. The maximum Gasteiger partial charge on any atom is 0.170 e. The van der Waals surface area contributed by atoms with Crippen molar-refractivity contribution in [1.82, 2.24) is 5.32 Å². The van der Waals surface area contributed by atoms with Crippen molar-refractivity contribution in [3.8, 4) is 0 Å². The predicted octanol–water partition coefficient (Wildman–Crippen LogP) is 5.35. The molecule has 0 aliphatic heterocycles. The Labute approximate surface area is 151 Å². The molecule has 0 bridgehead atoms. The van der Waals surface area contributed by atoms with Crippen LogP contribution in [0.3, 0.4) is 0 Å². The fourth-order valence-corrected chi connectivity index (χ4v) is 3.58. The predicted molar refractivity (Wildman–Crippen MR) is 109 cm³/mol. The number of rotatable bonds is 5. The average Bonchev–Trinajstić information content (AvgIpc) is 2.46. The van der Waals surface area contributed by atoms with Gasteiger partial charge in [-0.3, -0.25) is 0 Å². The molecule has 3 heteroatoms. The number of hydrogen-bond acceptors (Lipinski definition) is 1. The van der Waals surface area contributed by atoms with E-state index in [1.165, 1.54) is 16.7 Å². The Hall–Kier alpha value is -1.87. The molecule has 0 fully saturated rings. The smallest absolute Gasteiger partial charge is 0.170 e. The maximum absolute atomic E-state index is 5.48. The molecule has 1 unspecified atom stereocenters. The lowest BCUT2D eigenvalue weighted by molar-refractivity contribution is 0.420. The van der Waals surface area contributed by atoms with Crippen molar-refractivity contribution in [3.63, 3.8) is 0 Å². The number of nitrogens with one attached hydrogen (secondary N) is 2. The zero-order chi connectivity index (χ0) is 17.7. The summed E-state index contributed by atoms with van der Waals surface area (Å²) in [5.41, 5.74) is 4.96. The van der Waals surface area contributed by atoms with E-state index in [1.54, 1.807) is 0 Å². The maximum atomic E-state index is 5.48. The van der Waals surface area contributed by atoms with E-state index in [1.807, 2.05) is 0 Å². The average molecular weight is 341 g/mol. The van der Waals surface area contributed by atoms with Gasteiger partial charge in [-0.2, -0.15) is 0 Å². The minimum absolute atomic E-state index is 0.100. The highest BCUT2D eigenvalue weighted by Gasteiger charge is 2.23. The van der Waals surface area contributed by atoms with E-state index in [0.29, 0.717) is 5.11 Å². The summed E-state index contributed by atoms with van der Waals surface area (Å²) in [6.45, 7) is 10.9. The number of anilines is 1. The van der Waals surface area contributed by atoms with Crippen LogP contribution in [0.2, 0.25) is 0 Å². The van der Waals surface area contributed by atoms with Gasteiger partial charge in [0, 0.05) is 11.7 Å². The lowest BCUT2D eigenvalue weighted by atomic mass is 9.79. The van der Waals surface area contributed by atoms with Gasteiger partial charge in [0.1, 0.15) is 0 Å². The molecule has 2 rings (SSSR count). The van der Waals surface area contributed by atoms with Crippen LogP contribution in [0.15, 0.2) is 48.5 Å². The molecule has 0 aliphatic rings. The van der Waals surface area contributed by atoms with E-state index in [-0.39, 0.29) is 11.5 Å². The molecule has 0 aromatic heterocycles. The summed E-state index contributed by atoms with van der Waals surface area (Å²) in [5, 5.41) is 7.39. The van der Waals surface area contributed by atoms with Gasteiger partial charge < -0.3 is 10.6 Å². The Kier molecular flexibility index (Phi) is 6.00. The normalized spacial score (nSPS) is 12.5. The molecule has 0 radical (unpaired) electrons. The van der Waals surface area contributed by atoms with E-state index >= 15 is 0 Å². The summed E-state index contributed by atoms with van der Waals surface area (Å²) in [4.78, 5) is 0. The Morgan fingerprint density at radius 1 is 1.04 bits per heavy atom. The summed E-state index contributed by atoms with van der Waals surface area (Å²) in [6, 6.07) is 17.3. The third-order valence-corrected chi connectivity index (χ3v) is 4.45. The van der Waals surface area contributed by atoms with Crippen LogP contribution in [0.1, 0.15) is 43.9 Å². The van der Waals surface area contributed by atoms with E-state index in [2.05, 4.69) is 93.8 Å². The standard InChI is InChI=1S/C21H28N2S/c1-15-11-16(2)13-19(12-15)23-20(24)22-17(3)14-21(4,5)18-9-7-6-8-10-18/h6-13,17H,14H2,1-5H3,(H2,22,23,24). The van der Waals surface area contributed by atoms with E-state index in [4.69, 9.17) is 12.2 Å². The molecule has 128 valence electrons. The molecule has 0 heterocycles. The second-order valence-corrected chi connectivity index (χ2v) is 7.74. The first-order valence-corrected chi connectivity index (χ1v) is 8.88. The van der Waals surface area contributed by atoms with Crippen LogP contribution in [-0.2, 0) is 5.41 Å². The van der Waals surface area contributed by atoms with Crippen LogP contribution >= 0.6 is 12.2 Å². The van der Waals surface area contributed by atoms with Gasteiger partial charge in [0.15, 0.2) is 5.11 Å². The molecule has 2 aromatic rings. The fraction of sp³-hybridized carbons (Fsp3) is 0.381. The zero-order valence-corrected chi connectivity index (χ0v) is 16.1. The monoisotopic (exact) mass is 340 g/mol. The molecule has 2 nitrogen and oxygen atoms in total. The van der Waals surface area contributed by atoms with Crippen LogP contribution in [-0.4, -0.2) is 11.2 Å². The van der Waals surface area contributed by atoms with Gasteiger partial charge in [-0.05, 0) is 73.6 Å². The van der Waals surface area contributed by atoms with E-state index in [0.717, 1.165) is 12.1 Å². The molecule has 2 aromatic carbocycles. The second kappa shape index (κ2) is 7.80. The summed E-state index contributed by atoms with van der Waals surface area (Å²) in [7, 11) is 0. The van der Waals surface area contributed by atoms with Gasteiger partial charge in [-0.1, -0.05) is 50.2 Å². The van der Waals surface area contributed by atoms with Crippen molar-refractivity contribution in [1.29, 1.82) is 0 Å². The second-order valence-electron chi connectivity index (χ2n) is 7.33. The van der Waals surface area contributed by atoms with Crippen LogP contribution in [0.25, 0.3) is 0 Å². The lowest BCUT2D eigenvalue weighted by Gasteiger charge is -2.29. The molecule has 2 N–H and O–H groups in total. The molecule has 0 aliphatic carbocycles.